The fourth-order valence-corrected chi connectivity index (χ4v) is 5.07. The maximum Gasteiger partial charge on any atom is 0.413 e. The summed E-state index contributed by atoms with van der Waals surface area (Å²) in [7, 11) is 0. The van der Waals surface area contributed by atoms with Crippen LogP contribution in [0.3, 0.4) is 0 Å². The van der Waals surface area contributed by atoms with E-state index in [0.29, 0.717) is 52.4 Å². The summed E-state index contributed by atoms with van der Waals surface area (Å²) < 4.78 is 10.9. The van der Waals surface area contributed by atoms with E-state index in [-0.39, 0.29) is 38.2 Å². The summed E-state index contributed by atoms with van der Waals surface area (Å²) in [6.07, 6.45) is -2.96. The van der Waals surface area contributed by atoms with Crippen LogP contribution in [0.25, 0.3) is 0 Å². The molecule has 0 aromatic heterocycles. The molecular weight excluding hydrogens is 616 g/mol. The Hall–Kier alpha value is -5.44. The normalized spacial score (nSPS) is 14.2. The van der Waals surface area contributed by atoms with Crippen molar-refractivity contribution in [2.75, 3.05) is 52.4 Å². The first kappa shape index (κ1) is 35.4. The van der Waals surface area contributed by atoms with Crippen LogP contribution >= 0.6 is 0 Å². The molecule has 6 amide bonds. The maximum absolute atomic E-state index is 13.0. The van der Waals surface area contributed by atoms with Crippen molar-refractivity contribution in [3.05, 3.63) is 70.8 Å². The van der Waals surface area contributed by atoms with Crippen molar-refractivity contribution in [1.82, 2.24) is 30.2 Å². The van der Waals surface area contributed by atoms with Crippen molar-refractivity contribution in [1.29, 1.82) is 0 Å². The number of nitrogens with one attached hydrogen (secondary N) is 2. The first-order valence-electron chi connectivity index (χ1n) is 15.7. The predicted octanol–water partition coefficient (Wildman–Crippen LogP) is 1.58. The van der Waals surface area contributed by atoms with Gasteiger partial charge in [-0.2, -0.15) is 0 Å². The smallest absolute Gasteiger partial charge is 0.397 e. The van der Waals surface area contributed by atoms with Gasteiger partial charge in [0.25, 0.3) is 0 Å². The van der Waals surface area contributed by atoms with E-state index in [4.69, 9.17) is 20.9 Å². The number of amides is 6. The zero-order valence-electron chi connectivity index (χ0n) is 27.1. The first-order chi connectivity index (χ1) is 23.3. The van der Waals surface area contributed by atoms with Crippen molar-refractivity contribution in [3.8, 4) is 23.7 Å². The molecule has 14 heteroatoms. The lowest BCUT2D eigenvalue weighted by Crippen LogP contribution is -2.54. The summed E-state index contributed by atoms with van der Waals surface area (Å²) >= 11 is 0. The minimum atomic E-state index is -1.50. The maximum atomic E-state index is 13.0. The Labute approximate surface area is 280 Å². The highest BCUT2D eigenvalue weighted by Gasteiger charge is 2.30. The highest BCUT2D eigenvalue weighted by atomic mass is 16.7. The van der Waals surface area contributed by atoms with E-state index in [0.717, 1.165) is 22.3 Å². The Morgan fingerprint density at radius 2 is 1.06 bits per heavy atom. The van der Waals surface area contributed by atoms with Gasteiger partial charge in [-0.05, 0) is 46.9 Å². The van der Waals surface area contributed by atoms with Crippen LogP contribution in [0, 0.1) is 23.7 Å². The van der Waals surface area contributed by atoms with E-state index in [1.54, 1.807) is 16.7 Å². The third-order valence-corrected chi connectivity index (χ3v) is 7.79. The molecule has 0 aliphatic carbocycles. The van der Waals surface area contributed by atoms with Crippen LogP contribution in [-0.2, 0) is 35.7 Å². The summed E-state index contributed by atoms with van der Waals surface area (Å²) in [5.41, 5.74) is 15.2. The lowest BCUT2D eigenvalue weighted by atomic mass is 10.1. The van der Waals surface area contributed by atoms with Gasteiger partial charge in [-0.3, -0.25) is 0 Å². The average Bonchev–Trinajstić information content (AvgIpc) is 3.13. The number of hydrogen-bond acceptors (Lipinski definition) is 8. The Morgan fingerprint density at radius 3 is 1.46 bits per heavy atom. The van der Waals surface area contributed by atoms with Crippen LogP contribution in [0.5, 0.6) is 0 Å². The van der Waals surface area contributed by atoms with Gasteiger partial charge in [0.1, 0.15) is 0 Å². The summed E-state index contributed by atoms with van der Waals surface area (Å²) in [6, 6.07) is 14.9. The van der Waals surface area contributed by atoms with E-state index < -0.39 is 18.5 Å². The molecule has 0 atom stereocenters. The van der Waals surface area contributed by atoms with E-state index in [1.165, 1.54) is 9.80 Å². The molecule has 6 N–H and O–H groups in total. The number of nitrogens with two attached hydrogens (primary N) is 2. The third kappa shape index (κ3) is 10.6. The molecule has 2 heterocycles. The SMILES string of the molecule is CC#CC#CC(OC(=O)N1CCN(C(=O)NCc2cccc(CN)c2)CC1)OC(=O)N1CCN(C(=O)NCc2cccc(CN)c2)CC1. The minimum Gasteiger partial charge on any atom is -0.397 e. The second kappa shape index (κ2) is 18.0. The van der Waals surface area contributed by atoms with Gasteiger partial charge in [0.2, 0.25) is 0 Å². The molecule has 2 aromatic carbocycles. The Morgan fingerprint density at radius 1 is 0.667 bits per heavy atom. The number of nitrogens with zero attached hydrogens (tertiary/aromatic N) is 4. The van der Waals surface area contributed by atoms with Crippen LogP contribution in [-0.4, -0.2) is 102 Å². The second-order valence-electron chi connectivity index (χ2n) is 11.1. The molecule has 14 nitrogen and oxygen atoms in total. The van der Waals surface area contributed by atoms with Crippen LogP contribution in [0.15, 0.2) is 48.5 Å². The summed E-state index contributed by atoms with van der Waals surface area (Å²) in [5, 5.41) is 5.79. The van der Waals surface area contributed by atoms with Crippen molar-refractivity contribution >= 4 is 24.2 Å². The number of carbonyl (C=O) groups is 4. The predicted molar refractivity (Wildman–Crippen MR) is 177 cm³/mol. The standard InChI is InChI=1S/C34H42N8O6/c1-2-3-4-11-30(47-33(45)41-16-12-39(13-17-41)31(43)37-24-28-9-5-7-26(20-28)22-35)48-34(46)42-18-14-40(15-19-42)32(44)38-25-29-10-6-8-27(21-29)23-36/h5-10,20-21,30H,12-19,22-25,35-36H2,1H3,(H,37,43)(H,38,44). The van der Waals surface area contributed by atoms with E-state index in [1.807, 2.05) is 48.5 Å². The number of ether oxygens (including phenoxy) is 2. The number of carbonyl (C=O) groups excluding carboxylic acids is 4. The molecule has 0 radical (unpaired) electrons. The van der Waals surface area contributed by atoms with E-state index in [2.05, 4.69) is 34.3 Å². The molecule has 2 fully saturated rings. The third-order valence-electron chi connectivity index (χ3n) is 7.79. The molecule has 0 bridgehead atoms. The largest absolute Gasteiger partial charge is 0.413 e. The van der Waals surface area contributed by atoms with Crippen LogP contribution < -0.4 is 22.1 Å². The molecular formula is C34H42N8O6. The van der Waals surface area contributed by atoms with Crippen molar-refractivity contribution < 1.29 is 28.7 Å². The van der Waals surface area contributed by atoms with Gasteiger partial charge in [-0.1, -0.05) is 54.5 Å². The minimum absolute atomic E-state index is 0.222. The van der Waals surface area contributed by atoms with Crippen LogP contribution in [0.4, 0.5) is 19.2 Å². The lowest BCUT2D eigenvalue weighted by Gasteiger charge is -2.35. The number of rotatable bonds is 8. The zero-order valence-corrected chi connectivity index (χ0v) is 27.1. The Bertz CT molecular complexity index is 1460. The zero-order chi connectivity index (χ0) is 34.3. The number of urea groups is 2. The number of piperazine rings is 2. The van der Waals surface area contributed by atoms with Gasteiger partial charge in [0.15, 0.2) is 0 Å². The highest BCUT2D eigenvalue weighted by Crippen LogP contribution is 2.11. The van der Waals surface area contributed by atoms with Gasteiger partial charge in [-0.25, -0.2) is 19.2 Å². The quantitative estimate of drug-likeness (QED) is 0.244. The molecule has 0 saturated carbocycles. The topological polar surface area (TPSA) is 176 Å². The summed E-state index contributed by atoms with van der Waals surface area (Å²) in [4.78, 5) is 57.4. The molecule has 48 heavy (non-hydrogen) atoms. The molecule has 2 aliphatic heterocycles. The first-order valence-corrected chi connectivity index (χ1v) is 15.7. The van der Waals surface area contributed by atoms with Crippen LogP contribution in [0.2, 0.25) is 0 Å². The molecule has 0 spiro atoms. The summed E-state index contributed by atoms with van der Waals surface area (Å²) in [5.74, 6) is 10.3. The van der Waals surface area contributed by atoms with Crippen molar-refractivity contribution in [3.63, 3.8) is 0 Å². The molecule has 0 unspecified atom stereocenters. The van der Waals surface area contributed by atoms with Gasteiger partial charge in [-0.15, -0.1) is 0 Å². The number of hydrogen-bond donors (Lipinski definition) is 4. The Kier molecular flexibility index (Phi) is 13.3. The van der Waals surface area contributed by atoms with E-state index >= 15 is 0 Å². The fourth-order valence-electron chi connectivity index (χ4n) is 5.07. The van der Waals surface area contributed by atoms with Crippen LogP contribution in [0.1, 0.15) is 29.2 Å². The Balaban J connectivity index is 1.21. The lowest BCUT2D eigenvalue weighted by molar-refractivity contribution is -0.0512. The van der Waals surface area contributed by atoms with Crippen molar-refractivity contribution in [2.45, 2.75) is 39.4 Å². The van der Waals surface area contributed by atoms with Gasteiger partial charge >= 0.3 is 30.5 Å². The number of benzene rings is 2. The molecule has 2 saturated heterocycles. The molecule has 4 rings (SSSR count). The van der Waals surface area contributed by atoms with Gasteiger partial charge < -0.3 is 51.2 Å². The summed E-state index contributed by atoms with van der Waals surface area (Å²) in [6.45, 7) is 5.20. The molecule has 2 aromatic rings. The van der Waals surface area contributed by atoms with Gasteiger partial charge in [0.05, 0.1) is 0 Å². The second-order valence-corrected chi connectivity index (χ2v) is 11.1. The fraction of sp³-hybridized carbons (Fsp3) is 0.412. The molecule has 254 valence electrons. The molecule has 2 aliphatic rings. The average molecular weight is 659 g/mol. The van der Waals surface area contributed by atoms with Gasteiger partial charge in [0, 0.05) is 78.5 Å². The van der Waals surface area contributed by atoms with E-state index in [9.17, 15) is 19.2 Å². The highest BCUT2D eigenvalue weighted by molar-refractivity contribution is 5.76. The monoisotopic (exact) mass is 658 g/mol. The van der Waals surface area contributed by atoms with Crippen molar-refractivity contribution in [2.24, 2.45) is 11.5 Å².